The largest absolute Gasteiger partial charge is 0.352 e. The number of nitrogens with zero attached hydrogens (tertiary/aromatic N) is 2. The van der Waals surface area contributed by atoms with Crippen molar-refractivity contribution in [2.75, 3.05) is 10.8 Å². The van der Waals surface area contributed by atoms with Crippen LogP contribution in [0.3, 0.4) is 0 Å². The number of halogens is 4. The van der Waals surface area contributed by atoms with Crippen molar-refractivity contribution in [3.63, 3.8) is 0 Å². The van der Waals surface area contributed by atoms with Gasteiger partial charge in [-0.1, -0.05) is 113 Å². The number of aryl methyl sites for hydroxylation is 1. The van der Waals surface area contributed by atoms with Crippen LogP contribution in [0.5, 0.6) is 0 Å². The van der Waals surface area contributed by atoms with E-state index < -0.39 is 34.4 Å². The summed E-state index contributed by atoms with van der Waals surface area (Å²) in [6.45, 7) is 4.85. The molecule has 0 fully saturated rings. The fourth-order valence-electron chi connectivity index (χ4n) is 4.86. The van der Waals surface area contributed by atoms with Crippen LogP contribution >= 0.6 is 46.4 Å². The molecular formula is C35H35Cl4N3O4S. The molecular weight excluding hydrogens is 700 g/mol. The predicted molar refractivity (Wildman–Crippen MR) is 191 cm³/mol. The highest BCUT2D eigenvalue weighted by atomic mass is 35.5. The maximum Gasteiger partial charge on any atom is 0.264 e. The van der Waals surface area contributed by atoms with Crippen molar-refractivity contribution in [2.45, 2.75) is 57.1 Å². The van der Waals surface area contributed by atoms with Crippen LogP contribution in [0.25, 0.3) is 0 Å². The zero-order chi connectivity index (χ0) is 34.3. The van der Waals surface area contributed by atoms with Gasteiger partial charge in [-0.2, -0.15) is 0 Å². The highest BCUT2D eigenvalue weighted by Gasteiger charge is 2.36. The maximum absolute atomic E-state index is 14.6. The Morgan fingerprint density at radius 3 is 2.17 bits per heavy atom. The molecule has 7 nitrogen and oxygen atoms in total. The predicted octanol–water partition coefficient (Wildman–Crippen LogP) is 8.36. The van der Waals surface area contributed by atoms with E-state index in [1.807, 2.05) is 51.1 Å². The monoisotopic (exact) mass is 733 g/mol. The molecule has 0 heterocycles. The molecule has 0 spiro atoms. The van der Waals surface area contributed by atoms with Gasteiger partial charge in [-0.05, 0) is 67.8 Å². The van der Waals surface area contributed by atoms with Crippen molar-refractivity contribution >= 4 is 73.9 Å². The van der Waals surface area contributed by atoms with E-state index in [2.05, 4.69) is 5.32 Å². The molecule has 4 aromatic rings. The first kappa shape index (κ1) is 36.6. The number of sulfonamides is 1. The SMILES string of the molecule is CC[C@@H](C)NC(=O)[C@@H](Cc1ccccc1)N(Cc1ccc(Cl)cc1Cl)C(=O)CN(c1cccc(Cl)c1Cl)S(=O)(=O)c1ccc(C)cc1. The van der Waals surface area contributed by atoms with Crippen LogP contribution in [0.1, 0.15) is 37.0 Å². The first-order valence-corrected chi connectivity index (χ1v) is 17.9. The summed E-state index contributed by atoms with van der Waals surface area (Å²) in [6, 6.07) is 23.7. The van der Waals surface area contributed by atoms with Crippen molar-refractivity contribution in [3.8, 4) is 0 Å². The lowest BCUT2D eigenvalue weighted by Crippen LogP contribution is -2.54. The fourth-order valence-corrected chi connectivity index (χ4v) is 7.21. The van der Waals surface area contributed by atoms with Gasteiger partial charge in [0.05, 0.1) is 20.6 Å². The Hall–Kier alpha value is -3.27. The van der Waals surface area contributed by atoms with Crippen molar-refractivity contribution in [2.24, 2.45) is 0 Å². The molecule has 0 aliphatic rings. The van der Waals surface area contributed by atoms with Crippen LogP contribution in [0.2, 0.25) is 20.1 Å². The van der Waals surface area contributed by atoms with Gasteiger partial charge in [-0.15, -0.1) is 0 Å². The Bertz CT molecular complexity index is 1820. The standard InChI is InChI=1S/C35H35Cl4N3O4S/c1-4-24(3)40-35(44)32(19-25-9-6-5-7-10-25)41(21-26-15-16-27(36)20-30(26)38)33(43)22-42(31-12-8-11-29(37)34(31)39)47(45,46)28-17-13-23(2)14-18-28/h5-18,20,24,32H,4,19,21-22H2,1-3H3,(H,40,44)/t24-,32-/m1/s1. The molecule has 12 heteroatoms. The van der Waals surface area contributed by atoms with Crippen LogP contribution in [0.4, 0.5) is 5.69 Å². The topological polar surface area (TPSA) is 86.8 Å². The van der Waals surface area contributed by atoms with Gasteiger partial charge in [0, 0.05) is 29.1 Å². The molecule has 47 heavy (non-hydrogen) atoms. The van der Waals surface area contributed by atoms with E-state index in [0.29, 0.717) is 17.0 Å². The zero-order valence-corrected chi connectivity index (χ0v) is 29.9. The second kappa shape index (κ2) is 16.2. The van der Waals surface area contributed by atoms with Crippen LogP contribution in [0.15, 0.2) is 95.9 Å². The van der Waals surface area contributed by atoms with Crippen LogP contribution in [0, 0.1) is 6.92 Å². The summed E-state index contributed by atoms with van der Waals surface area (Å²) in [5.74, 6) is -1.06. The Balaban J connectivity index is 1.86. The minimum Gasteiger partial charge on any atom is -0.352 e. The number of anilines is 1. The molecule has 0 aliphatic carbocycles. The van der Waals surface area contributed by atoms with Crippen LogP contribution < -0.4 is 9.62 Å². The molecule has 0 bridgehead atoms. The van der Waals surface area contributed by atoms with Gasteiger partial charge in [0.15, 0.2) is 0 Å². The first-order valence-electron chi connectivity index (χ1n) is 14.9. The Morgan fingerprint density at radius 2 is 1.53 bits per heavy atom. The van der Waals surface area contributed by atoms with Gasteiger partial charge in [0.25, 0.3) is 10.0 Å². The van der Waals surface area contributed by atoms with E-state index >= 15 is 0 Å². The normalized spacial score (nSPS) is 12.7. The third-order valence-electron chi connectivity index (χ3n) is 7.72. The second-order valence-electron chi connectivity index (χ2n) is 11.2. The molecule has 0 unspecified atom stereocenters. The maximum atomic E-state index is 14.6. The number of hydrogen-bond donors (Lipinski definition) is 1. The molecule has 0 radical (unpaired) electrons. The smallest absolute Gasteiger partial charge is 0.264 e. The number of amides is 2. The minimum atomic E-state index is -4.35. The Labute approximate surface area is 296 Å². The summed E-state index contributed by atoms with van der Waals surface area (Å²) in [5.41, 5.74) is 2.20. The van der Waals surface area contributed by atoms with Crippen molar-refractivity contribution in [1.29, 1.82) is 0 Å². The molecule has 4 aromatic carbocycles. The van der Waals surface area contributed by atoms with E-state index in [1.54, 1.807) is 36.4 Å². The lowest BCUT2D eigenvalue weighted by Gasteiger charge is -2.34. The first-order chi connectivity index (χ1) is 22.3. The summed E-state index contributed by atoms with van der Waals surface area (Å²) in [4.78, 5) is 29.9. The highest BCUT2D eigenvalue weighted by Crippen LogP contribution is 2.36. The van der Waals surface area contributed by atoms with E-state index in [4.69, 9.17) is 46.4 Å². The van der Waals surface area contributed by atoms with Gasteiger partial charge in [-0.3, -0.25) is 13.9 Å². The number of benzene rings is 4. The number of rotatable bonds is 13. The molecule has 0 saturated carbocycles. The van der Waals surface area contributed by atoms with Gasteiger partial charge in [0.1, 0.15) is 12.6 Å². The summed E-state index contributed by atoms with van der Waals surface area (Å²) < 4.78 is 29.4. The lowest BCUT2D eigenvalue weighted by atomic mass is 10.0. The van der Waals surface area contributed by atoms with Gasteiger partial charge in [0.2, 0.25) is 11.8 Å². The molecule has 0 aromatic heterocycles. The summed E-state index contributed by atoms with van der Waals surface area (Å²) in [6.07, 6.45) is 0.819. The third-order valence-corrected chi connectivity index (χ3v) is 10.9. The molecule has 0 aliphatic heterocycles. The van der Waals surface area contributed by atoms with E-state index in [-0.39, 0.29) is 44.7 Å². The molecule has 0 saturated heterocycles. The number of hydrogen-bond acceptors (Lipinski definition) is 4. The second-order valence-corrected chi connectivity index (χ2v) is 14.7. The van der Waals surface area contributed by atoms with Crippen LogP contribution in [-0.2, 0) is 32.6 Å². The number of nitrogens with one attached hydrogen (secondary N) is 1. The van der Waals surface area contributed by atoms with Crippen molar-refractivity contribution in [3.05, 3.63) is 128 Å². The number of carbonyl (C=O) groups excluding carboxylic acids is 2. The van der Waals surface area contributed by atoms with E-state index in [1.165, 1.54) is 29.2 Å². The summed E-state index contributed by atoms with van der Waals surface area (Å²) in [7, 11) is -4.35. The third kappa shape index (κ3) is 9.21. The zero-order valence-electron chi connectivity index (χ0n) is 26.1. The molecule has 2 atom stereocenters. The lowest BCUT2D eigenvalue weighted by molar-refractivity contribution is -0.140. The average Bonchev–Trinajstić information content (AvgIpc) is 3.04. The van der Waals surface area contributed by atoms with E-state index in [0.717, 1.165) is 15.4 Å². The summed E-state index contributed by atoms with van der Waals surface area (Å²) >= 11 is 25.6. The van der Waals surface area contributed by atoms with Crippen molar-refractivity contribution < 1.29 is 18.0 Å². The van der Waals surface area contributed by atoms with Crippen LogP contribution in [-0.4, -0.2) is 43.8 Å². The highest BCUT2D eigenvalue weighted by molar-refractivity contribution is 7.92. The Morgan fingerprint density at radius 1 is 0.851 bits per heavy atom. The molecule has 2 amide bonds. The van der Waals surface area contributed by atoms with Gasteiger partial charge in [-0.25, -0.2) is 8.42 Å². The van der Waals surface area contributed by atoms with Gasteiger partial charge >= 0.3 is 0 Å². The number of carbonyl (C=O) groups is 2. The van der Waals surface area contributed by atoms with Gasteiger partial charge < -0.3 is 10.2 Å². The quantitative estimate of drug-likeness (QED) is 0.150. The van der Waals surface area contributed by atoms with E-state index in [9.17, 15) is 18.0 Å². The average molecular weight is 736 g/mol. The molecule has 248 valence electrons. The summed E-state index contributed by atoms with van der Waals surface area (Å²) in [5, 5.41) is 3.76. The minimum absolute atomic E-state index is 0.0150. The molecule has 4 rings (SSSR count). The fraction of sp³-hybridized carbons (Fsp3) is 0.257. The molecule has 1 N–H and O–H groups in total. The van der Waals surface area contributed by atoms with Crippen molar-refractivity contribution in [1.82, 2.24) is 10.2 Å². The Kier molecular flexibility index (Phi) is 12.6.